The van der Waals surface area contributed by atoms with Crippen molar-refractivity contribution in [2.24, 2.45) is 0 Å². The summed E-state index contributed by atoms with van der Waals surface area (Å²) in [6, 6.07) is 6.15. The van der Waals surface area contributed by atoms with Gasteiger partial charge in [-0.2, -0.15) is 4.31 Å². The van der Waals surface area contributed by atoms with Gasteiger partial charge in [-0.15, -0.1) is 0 Å². The molecular weight excluding hydrogens is 304 g/mol. The van der Waals surface area contributed by atoms with Gasteiger partial charge in [0.05, 0.1) is 18.1 Å². The molecule has 1 unspecified atom stereocenters. The van der Waals surface area contributed by atoms with Crippen LogP contribution in [0.25, 0.3) is 0 Å². The SMILES string of the molecule is CCC(C)NC(=O)c1ccc(S(=O)(=O)N2CCOCC2)cc1. The summed E-state index contributed by atoms with van der Waals surface area (Å²) >= 11 is 0. The Bertz CT molecular complexity index is 607. The average Bonchev–Trinajstić information content (AvgIpc) is 2.55. The predicted octanol–water partition coefficient (Wildman–Crippen LogP) is 1.24. The van der Waals surface area contributed by atoms with Crippen LogP contribution in [0.15, 0.2) is 29.2 Å². The number of hydrogen-bond acceptors (Lipinski definition) is 4. The minimum atomic E-state index is -3.51. The highest BCUT2D eigenvalue weighted by atomic mass is 32.2. The average molecular weight is 326 g/mol. The van der Waals surface area contributed by atoms with Crippen molar-refractivity contribution in [1.29, 1.82) is 0 Å². The van der Waals surface area contributed by atoms with Gasteiger partial charge < -0.3 is 10.1 Å². The van der Waals surface area contributed by atoms with Crippen LogP contribution >= 0.6 is 0 Å². The zero-order valence-corrected chi connectivity index (χ0v) is 13.7. The van der Waals surface area contributed by atoms with Crippen LogP contribution in [0, 0.1) is 0 Å². The second-order valence-corrected chi connectivity index (χ2v) is 7.26. The molecular formula is C15H22N2O4S. The summed E-state index contributed by atoms with van der Waals surface area (Å²) in [6.07, 6.45) is 0.842. The van der Waals surface area contributed by atoms with Crippen molar-refractivity contribution in [1.82, 2.24) is 9.62 Å². The first-order chi connectivity index (χ1) is 10.4. The third-order valence-electron chi connectivity index (χ3n) is 3.71. The van der Waals surface area contributed by atoms with Crippen LogP contribution in [0.2, 0.25) is 0 Å². The molecule has 1 amide bonds. The number of nitrogens with one attached hydrogen (secondary N) is 1. The number of amides is 1. The van der Waals surface area contributed by atoms with E-state index in [0.29, 0.717) is 31.9 Å². The van der Waals surface area contributed by atoms with Crippen molar-refractivity contribution >= 4 is 15.9 Å². The lowest BCUT2D eigenvalue weighted by Crippen LogP contribution is -2.40. The van der Waals surface area contributed by atoms with Crippen molar-refractivity contribution in [3.8, 4) is 0 Å². The van der Waals surface area contributed by atoms with Gasteiger partial charge >= 0.3 is 0 Å². The molecule has 1 N–H and O–H groups in total. The van der Waals surface area contributed by atoms with E-state index < -0.39 is 10.0 Å². The quantitative estimate of drug-likeness (QED) is 0.883. The van der Waals surface area contributed by atoms with Crippen molar-refractivity contribution in [3.05, 3.63) is 29.8 Å². The molecule has 1 aliphatic rings. The Hall–Kier alpha value is -1.44. The largest absolute Gasteiger partial charge is 0.379 e. The fourth-order valence-electron chi connectivity index (χ4n) is 2.12. The highest BCUT2D eigenvalue weighted by molar-refractivity contribution is 7.89. The van der Waals surface area contributed by atoms with E-state index in [2.05, 4.69) is 5.32 Å². The molecule has 0 aliphatic carbocycles. The molecule has 1 aliphatic heterocycles. The lowest BCUT2D eigenvalue weighted by Gasteiger charge is -2.26. The third-order valence-corrected chi connectivity index (χ3v) is 5.63. The first-order valence-corrected chi connectivity index (χ1v) is 8.88. The fraction of sp³-hybridized carbons (Fsp3) is 0.533. The number of hydrogen-bond donors (Lipinski definition) is 1. The predicted molar refractivity (Wildman–Crippen MR) is 83.2 cm³/mol. The van der Waals surface area contributed by atoms with Crippen LogP contribution in [-0.2, 0) is 14.8 Å². The smallest absolute Gasteiger partial charge is 0.251 e. The highest BCUT2D eigenvalue weighted by Gasteiger charge is 2.26. The van der Waals surface area contributed by atoms with E-state index >= 15 is 0 Å². The molecule has 1 saturated heterocycles. The summed E-state index contributed by atoms with van der Waals surface area (Å²) in [5.41, 5.74) is 0.459. The normalized spacial score (nSPS) is 17.9. The van der Waals surface area contributed by atoms with Gasteiger partial charge in [0, 0.05) is 24.7 Å². The standard InChI is InChI=1S/C15H22N2O4S/c1-3-12(2)16-15(18)13-4-6-14(7-5-13)22(19,20)17-8-10-21-11-9-17/h4-7,12H,3,8-11H2,1-2H3,(H,16,18). The van der Waals surface area contributed by atoms with Gasteiger partial charge in [0.25, 0.3) is 5.91 Å². The summed E-state index contributed by atoms with van der Waals surface area (Å²) < 4.78 is 31.5. The van der Waals surface area contributed by atoms with E-state index in [1.807, 2.05) is 13.8 Å². The lowest BCUT2D eigenvalue weighted by atomic mass is 10.2. The summed E-state index contributed by atoms with van der Waals surface area (Å²) in [6.45, 7) is 5.46. The van der Waals surface area contributed by atoms with E-state index in [1.165, 1.54) is 16.4 Å². The minimum absolute atomic E-state index is 0.0873. The van der Waals surface area contributed by atoms with Crippen LogP contribution in [0.3, 0.4) is 0 Å². The molecule has 122 valence electrons. The van der Waals surface area contributed by atoms with E-state index in [1.54, 1.807) is 12.1 Å². The number of benzene rings is 1. The topological polar surface area (TPSA) is 75.7 Å². The van der Waals surface area contributed by atoms with Gasteiger partial charge in [0.15, 0.2) is 0 Å². The minimum Gasteiger partial charge on any atom is -0.379 e. The molecule has 0 aromatic heterocycles. The van der Waals surface area contributed by atoms with E-state index in [-0.39, 0.29) is 16.8 Å². The van der Waals surface area contributed by atoms with Crippen LogP contribution in [-0.4, -0.2) is 51.0 Å². The Morgan fingerprint density at radius 1 is 1.27 bits per heavy atom. The molecule has 1 aromatic rings. The highest BCUT2D eigenvalue weighted by Crippen LogP contribution is 2.17. The second kappa shape index (κ2) is 7.21. The van der Waals surface area contributed by atoms with E-state index in [9.17, 15) is 13.2 Å². The molecule has 1 heterocycles. The molecule has 1 fully saturated rings. The Morgan fingerprint density at radius 3 is 2.41 bits per heavy atom. The fourth-order valence-corrected chi connectivity index (χ4v) is 3.53. The number of carbonyl (C=O) groups is 1. The van der Waals surface area contributed by atoms with Crippen molar-refractivity contribution in [3.63, 3.8) is 0 Å². The number of nitrogens with zero attached hydrogens (tertiary/aromatic N) is 1. The maximum atomic E-state index is 12.5. The Balaban J connectivity index is 2.12. The zero-order valence-electron chi connectivity index (χ0n) is 12.9. The first kappa shape index (κ1) is 16.9. The van der Waals surface area contributed by atoms with Crippen LogP contribution in [0.4, 0.5) is 0 Å². The summed E-state index contributed by atoms with van der Waals surface area (Å²) in [5.74, 6) is -0.190. The number of sulfonamides is 1. The Kier molecular flexibility index (Phi) is 5.55. The Morgan fingerprint density at radius 2 is 1.86 bits per heavy atom. The molecule has 0 bridgehead atoms. The first-order valence-electron chi connectivity index (χ1n) is 7.44. The number of morpholine rings is 1. The van der Waals surface area contributed by atoms with Gasteiger partial charge in [-0.05, 0) is 37.6 Å². The van der Waals surface area contributed by atoms with E-state index in [0.717, 1.165) is 6.42 Å². The molecule has 1 atom stereocenters. The van der Waals surface area contributed by atoms with Gasteiger partial charge in [0.2, 0.25) is 10.0 Å². The van der Waals surface area contributed by atoms with Crippen LogP contribution in [0.5, 0.6) is 0 Å². The third kappa shape index (κ3) is 3.85. The molecule has 7 heteroatoms. The van der Waals surface area contributed by atoms with Crippen molar-refractivity contribution < 1.29 is 17.9 Å². The van der Waals surface area contributed by atoms with Crippen molar-refractivity contribution in [2.45, 2.75) is 31.2 Å². The van der Waals surface area contributed by atoms with Gasteiger partial charge in [-0.1, -0.05) is 6.92 Å². The van der Waals surface area contributed by atoms with Gasteiger partial charge in [-0.25, -0.2) is 8.42 Å². The van der Waals surface area contributed by atoms with Gasteiger partial charge in [-0.3, -0.25) is 4.79 Å². The molecule has 1 aromatic carbocycles. The number of ether oxygens (including phenoxy) is 1. The summed E-state index contributed by atoms with van der Waals surface area (Å²) in [5, 5.41) is 2.85. The number of carbonyl (C=O) groups excluding carboxylic acids is 1. The number of rotatable bonds is 5. The summed E-state index contributed by atoms with van der Waals surface area (Å²) in [7, 11) is -3.51. The molecule has 0 spiro atoms. The Labute approximate surface area is 131 Å². The monoisotopic (exact) mass is 326 g/mol. The summed E-state index contributed by atoms with van der Waals surface area (Å²) in [4.78, 5) is 12.2. The maximum absolute atomic E-state index is 12.5. The van der Waals surface area contributed by atoms with Gasteiger partial charge in [0.1, 0.15) is 0 Å². The molecule has 6 nitrogen and oxygen atoms in total. The van der Waals surface area contributed by atoms with Crippen molar-refractivity contribution in [2.75, 3.05) is 26.3 Å². The lowest BCUT2D eigenvalue weighted by molar-refractivity contribution is 0.0730. The van der Waals surface area contributed by atoms with Crippen LogP contribution in [0.1, 0.15) is 30.6 Å². The molecule has 0 radical (unpaired) electrons. The maximum Gasteiger partial charge on any atom is 0.251 e. The van der Waals surface area contributed by atoms with E-state index in [4.69, 9.17) is 4.74 Å². The molecule has 0 saturated carbocycles. The van der Waals surface area contributed by atoms with Crippen LogP contribution < -0.4 is 5.32 Å². The molecule has 22 heavy (non-hydrogen) atoms. The zero-order chi connectivity index (χ0) is 16.2. The second-order valence-electron chi connectivity index (χ2n) is 5.32. The molecule has 2 rings (SSSR count).